The number of hydrogen-bond acceptors (Lipinski definition) is 4. The van der Waals surface area contributed by atoms with E-state index >= 15 is 0 Å². The second kappa shape index (κ2) is 7.61. The van der Waals surface area contributed by atoms with E-state index in [4.69, 9.17) is 4.74 Å². The standard InChI is InChI=1S/C17H13ClF8O4S/c1-8(27)12-11(10-6-4-3-5-7-10)13(9(2)30-12)31(28,29)17(25,26)15(21,22)14(19,20)16(18,23)24/h3-7,11-12H,1-2H3/t11-,12-/m1/s1. The Kier molecular flexibility index (Phi) is 6.23. The van der Waals surface area contributed by atoms with Crippen LogP contribution in [0.3, 0.4) is 0 Å². The number of Topliss-reactive ketones (excluding diaryl/α,β-unsaturated/α-hetero) is 1. The average Bonchev–Trinajstić information content (AvgIpc) is 2.99. The first-order valence-corrected chi connectivity index (χ1v) is 10.1. The maximum absolute atomic E-state index is 14.5. The molecule has 1 aliphatic heterocycles. The van der Waals surface area contributed by atoms with Crippen LogP contribution in [0.15, 0.2) is 41.0 Å². The summed E-state index contributed by atoms with van der Waals surface area (Å²) in [6.45, 7) is 1.62. The van der Waals surface area contributed by atoms with Crippen LogP contribution in [0.4, 0.5) is 35.1 Å². The van der Waals surface area contributed by atoms with Crippen LogP contribution in [0.2, 0.25) is 0 Å². The molecule has 31 heavy (non-hydrogen) atoms. The van der Waals surface area contributed by atoms with E-state index in [9.17, 15) is 48.3 Å². The molecule has 0 fully saturated rings. The van der Waals surface area contributed by atoms with Gasteiger partial charge >= 0.3 is 22.5 Å². The highest BCUT2D eigenvalue weighted by Crippen LogP contribution is 2.58. The summed E-state index contributed by atoms with van der Waals surface area (Å²) in [6.07, 6.45) is -1.77. The number of ether oxygens (including phenoxy) is 1. The molecule has 14 heteroatoms. The van der Waals surface area contributed by atoms with Crippen molar-refractivity contribution in [1.82, 2.24) is 0 Å². The van der Waals surface area contributed by atoms with Gasteiger partial charge in [-0.25, -0.2) is 8.42 Å². The van der Waals surface area contributed by atoms with Gasteiger partial charge in [-0.05, 0) is 31.0 Å². The van der Waals surface area contributed by atoms with E-state index in [0.717, 1.165) is 26.0 Å². The molecule has 0 amide bonds. The Labute approximate surface area is 175 Å². The Balaban J connectivity index is 2.74. The third-order valence-electron chi connectivity index (χ3n) is 4.54. The molecule has 174 valence electrons. The lowest BCUT2D eigenvalue weighted by Gasteiger charge is -2.34. The van der Waals surface area contributed by atoms with Gasteiger partial charge in [0.05, 0.1) is 10.8 Å². The highest BCUT2D eigenvalue weighted by Gasteiger charge is 2.84. The first-order valence-electron chi connectivity index (χ1n) is 8.20. The zero-order valence-electron chi connectivity index (χ0n) is 15.5. The minimum Gasteiger partial charge on any atom is -0.485 e. The first-order chi connectivity index (χ1) is 13.8. The van der Waals surface area contributed by atoms with Crippen molar-refractivity contribution in [1.29, 1.82) is 0 Å². The number of ketones is 1. The normalized spacial score (nSPS) is 21.3. The number of carbonyl (C=O) groups excluding carboxylic acids is 1. The number of carbonyl (C=O) groups is 1. The largest absolute Gasteiger partial charge is 0.485 e. The third kappa shape index (κ3) is 3.69. The number of benzene rings is 1. The van der Waals surface area contributed by atoms with Crippen molar-refractivity contribution in [2.75, 3.05) is 0 Å². The fourth-order valence-electron chi connectivity index (χ4n) is 3.00. The van der Waals surface area contributed by atoms with Gasteiger partial charge in [-0.15, -0.1) is 0 Å². The number of sulfone groups is 1. The second-order valence-corrected chi connectivity index (χ2v) is 9.06. The van der Waals surface area contributed by atoms with E-state index in [1.807, 2.05) is 0 Å². The van der Waals surface area contributed by atoms with E-state index < -0.39 is 60.8 Å². The van der Waals surface area contributed by atoms with Crippen LogP contribution in [0.1, 0.15) is 25.3 Å². The van der Waals surface area contributed by atoms with Gasteiger partial charge in [0, 0.05) is 0 Å². The molecule has 1 aromatic carbocycles. The van der Waals surface area contributed by atoms with Gasteiger partial charge in [0.25, 0.3) is 0 Å². The summed E-state index contributed by atoms with van der Waals surface area (Å²) in [7, 11) is -6.81. The molecule has 0 aromatic heterocycles. The van der Waals surface area contributed by atoms with Crippen LogP contribution >= 0.6 is 11.6 Å². The summed E-state index contributed by atoms with van der Waals surface area (Å²) in [5.41, 5.74) is -0.160. The summed E-state index contributed by atoms with van der Waals surface area (Å²) in [4.78, 5) is 10.3. The van der Waals surface area contributed by atoms with Crippen LogP contribution < -0.4 is 0 Å². The summed E-state index contributed by atoms with van der Waals surface area (Å²) in [6, 6.07) is 6.29. The van der Waals surface area contributed by atoms with Crippen molar-refractivity contribution in [2.24, 2.45) is 0 Å². The van der Waals surface area contributed by atoms with Crippen molar-refractivity contribution in [2.45, 2.75) is 48.4 Å². The van der Waals surface area contributed by atoms with Gasteiger partial charge in [-0.2, -0.15) is 35.1 Å². The Hall–Kier alpha value is -1.89. The van der Waals surface area contributed by atoms with E-state index in [1.54, 1.807) is 0 Å². The van der Waals surface area contributed by atoms with Crippen LogP contribution in [0, 0.1) is 0 Å². The molecular weight excluding hydrogens is 488 g/mol. The average molecular weight is 501 g/mol. The van der Waals surface area contributed by atoms with E-state index in [-0.39, 0.29) is 5.56 Å². The monoisotopic (exact) mass is 500 g/mol. The van der Waals surface area contributed by atoms with Crippen LogP contribution in [-0.4, -0.2) is 42.8 Å². The second-order valence-electron chi connectivity index (χ2n) is 6.62. The molecular formula is C17H13ClF8O4S. The third-order valence-corrected chi connectivity index (χ3v) is 6.83. The fourth-order valence-corrected chi connectivity index (χ4v) is 4.88. The molecule has 0 radical (unpaired) electrons. The van der Waals surface area contributed by atoms with Crippen LogP contribution in [0.25, 0.3) is 0 Å². The maximum atomic E-state index is 14.5. The minimum absolute atomic E-state index is 0.160. The van der Waals surface area contributed by atoms with Gasteiger partial charge < -0.3 is 4.74 Å². The van der Waals surface area contributed by atoms with Gasteiger partial charge in [0.1, 0.15) is 5.76 Å². The molecule has 0 saturated carbocycles. The summed E-state index contributed by atoms with van der Waals surface area (Å²) in [5.74, 6) is -17.9. The predicted molar refractivity (Wildman–Crippen MR) is 92.0 cm³/mol. The Morgan fingerprint density at radius 1 is 0.968 bits per heavy atom. The van der Waals surface area contributed by atoms with Gasteiger partial charge in [-0.3, -0.25) is 4.79 Å². The van der Waals surface area contributed by atoms with Crippen LogP contribution in [0.5, 0.6) is 0 Å². The lowest BCUT2D eigenvalue weighted by Crippen LogP contribution is -2.63. The maximum Gasteiger partial charge on any atom is 0.417 e. The topological polar surface area (TPSA) is 60.4 Å². The van der Waals surface area contributed by atoms with Crippen molar-refractivity contribution >= 4 is 27.2 Å². The number of hydrogen-bond donors (Lipinski definition) is 0. The van der Waals surface area contributed by atoms with Crippen molar-refractivity contribution in [3.05, 3.63) is 46.6 Å². The lowest BCUT2D eigenvalue weighted by molar-refractivity contribution is -0.326. The number of allylic oxidation sites excluding steroid dienone is 1. The molecule has 1 heterocycles. The van der Waals surface area contributed by atoms with E-state index in [0.29, 0.717) is 0 Å². The van der Waals surface area contributed by atoms with Crippen LogP contribution in [-0.2, 0) is 19.4 Å². The molecule has 0 unspecified atom stereocenters. The molecule has 1 aromatic rings. The Morgan fingerprint density at radius 3 is 1.87 bits per heavy atom. The highest BCUT2D eigenvalue weighted by atomic mass is 35.5. The molecule has 2 atom stereocenters. The Morgan fingerprint density at radius 2 is 1.45 bits per heavy atom. The first kappa shape index (κ1) is 25.4. The highest BCUT2D eigenvalue weighted by molar-refractivity contribution is 7.96. The van der Waals surface area contributed by atoms with Crippen molar-refractivity contribution in [3.8, 4) is 0 Å². The number of alkyl halides is 9. The number of rotatable bonds is 7. The van der Waals surface area contributed by atoms with Gasteiger partial charge in [0.15, 0.2) is 11.9 Å². The van der Waals surface area contributed by atoms with E-state index in [1.165, 1.54) is 18.2 Å². The van der Waals surface area contributed by atoms with E-state index in [2.05, 4.69) is 11.6 Å². The summed E-state index contributed by atoms with van der Waals surface area (Å²) < 4.78 is 139. The van der Waals surface area contributed by atoms with Gasteiger partial charge in [0.2, 0.25) is 9.84 Å². The fraction of sp³-hybridized carbons (Fsp3) is 0.471. The molecule has 0 saturated heterocycles. The predicted octanol–water partition coefficient (Wildman–Crippen LogP) is 5.10. The molecule has 0 bridgehead atoms. The molecule has 0 aliphatic carbocycles. The summed E-state index contributed by atoms with van der Waals surface area (Å²) in [5, 5.41) is -13.0. The summed E-state index contributed by atoms with van der Waals surface area (Å²) >= 11 is 3.87. The minimum atomic E-state index is -7.15. The number of halogens is 9. The molecule has 0 N–H and O–H groups in total. The molecule has 0 spiro atoms. The van der Waals surface area contributed by atoms with Crippen molar-refractivity contribution in [3.63, 3.8) is 0 Å². The molecule has 1 aliphatic rings. The SMILES string of the molecule is CC(=O)[C@H]1OC(C)=C(S(=O)(=O)C(F)(F)C(F)(F)C(F)(F)C(F)(F)Cl)[C@@H]1c1ccccc1. The zero-order valence-corrected chi connectivity index (χ0v) is 17.1. The quantitative estimate of drug-likeness (QED) is 0.386. The zero-order chi connectivity index (χ0) is 24.2. The van der Waals surface area contributed by atoms with Crippen molar-refractivity contribution < 1.29 is 53.1 Å². The molecule has 2 rings (SSSR count). The lowest BCUT2D eigenvalue weighted by atomic mass is 9.92. The van der Waals surface area contributed by atoms with Gasteiger partial charge in [-0.1, -0.05) is 30.3 Å². The molecule has 4 nitrogen and oxygen atoms in total. The Bertz CT molecular complexity index is 1000. The smallest absolute Gasteiger partial charge is 0.417 e.